The third kappa shape index (κ3) is 3.30. The molecule has 6 heteroatoms. The standard InChI is InChI=1S/C20H16FN5/c1-12-8-16(24-18(22)9-12)6-7-19-25-17-10-14(11-23-20(17)26-19)13-2-4-15(21)5-3-13/h2-11H,1H3,(H2,22,24)(H,23,25,26)/b7-6+. The van der Waals surface area contributed by atoms with Crippen molar-refractivity contribution in [3.63, 3.8) is 0 Å². The second-order valence-electron chi connectivity index (χ2n) is 6.05. The summed E-state index contributed by atoms with van der Waals surface area (Å²) in [5, 5.41) is 0. The number of nitrogens with zero attached hydrogens (tertiary/aromatic N) is 3. The van der Waals surface area contributed by atoms with Gasteiger partial charge in [-0.25, -0.2) is 19.3 Å². The molecule has 0 unspecified atom stereocenters. The van der Waals surface area contributed by atoms with Gasteiger partial charge in [0, 0.05) is 11.8 Å². The number of hydrogen-bond donors (Lipinski definition) is 2. The van der Waals surface area contributed by atoms with Crippen LogP contribution in [-0.2, 0) is 0 Å². The molecule has 4 rings (SSSR count). The second kappa shape index (κ2) is 6.40. The van der Waals surface area contributed by atoms with Crippen molar-refractivity contribution in [1.29, 1.82) is 0 Å². The molecule has 3 heterocycles. The van der Waals surface area contributed by atoms with Crippen LogP contribution in [0.25, 0.3) is 34.4 Å². The number of pyridine rings is 2. The van der Waals surface area contributed by atoms with E-state index in [-0.39, 0.29) is 5.82 Å². The Hall–Kier alpha value is -3.54. The van der Waals surface area contributed by atoms with E-state index in [0.29, 0.717) is 17.3 Å². The molecule has 3 aromatic heterocycles. The van der Waals surface area contributed by atoms with Crippen molar-refractivity contribution in [1.82, 2.24) is 19.9 Å². The normalized spacial score (nSPS) is 11.5. The minimum atomic E-state index is -0.264. The van der Waals surface area contributed by atoms with E-state index >= 15 is 0 Å². The fourth-order valence-electron chi connectivity index (χ4n) is 2.76. The van der Waals surface area contributed by atoms with Crippen molar-refractivity contribution in [2.75, 3.05) is 5.73 Å². The molecule has 0 aliphatic carbocycles. The maximum absolute atomic E-state index is 13.1. The van der Waals surface area contributed by atoms with Gasteiger partial charge in [0.1, 0.15) is 23.0 Å². The van der Waals surface area contributed by atoms with E-state index in [1.807, 2.05) is 37.3 Å². The summed E-state index contributed by atoms with van der Waals surface area (Å²) in [6.45, 7) is 1.97. The molecule has 0 saturated carbocycles. The fraction of sp³-hybridized carbons (Fsp3) is 0.0500. The molecule has 0 saturated heterocycles. The Morgan fingerprint density at radius 3 is 2.58 bits per heavy atom. The first-order valence-corrected chi connectivity index (χ1v) is 8.11. The molecule has 0 aliphatic heterocycles. The number of benzene rings is 1. The van der Waals surface area contributed by atoms with Crippen LogP contribution in [-0.4, -0.2) is 19.9 Å². The number of rotatable bonds is 3. The molecular formula is C20H16FN5. The number of nitrogen functional groups attached to an aromatic ring is 1. The number of hydrogen-bond acceptors (Lipinski definition) is 4. The number of anilines is 1. The number of aryl methyl sites for hydroxylation is 1. The van der Waals surface area contributed by atoms with Crippen LogP contribution in [0.4, 0.5) is 10.2 Å². The van der Waals surface area contributed by atoms with Crippen molar-refractivity contribution in [2.24, 2.45) is 0 Å². The van der Waals surface area contributed by atoms with Crippen LogP contribution >= 0.6 is 0 Å². The molecule has 1 aromatic carbocycles. The lowest BCUT2D eigenvalue weighted by Gasteiger charge is -2.00. The fourth-order valence-corrected chi connectivity index (χ4v) is 2.76. The van der Waals surface area contributed by atoms with Crippen molar-refractivity contribution in [3.8, 4) is 11.1 Å². The summed E-state index contributed by atoms with van der Waals surface area (Å²) in [6, 6.07) is 12.0. The topological polar surface area (TPSA) is 80.5 Å². The molecule has 0 aliphatic rings. The van der Waals surface area contributed by atoms with Crippen LogP contribution < -0.4 is 5.73 Å². The zero-order valence-electron chi connectivity index (χ0n) is 14.1. The minimum Gasteiger partial charge on any atom is -0.384 e. The van der Waals surface area contributed by atoms with Gasteiger partial charge in [0.2, 0.25) is 0 Å². The summed E-state index contributed by atoms with van der Waals surface area (Å²) >= 11 is 0. The van der Waals surface area contributed by atoms with Gasteiger partial charge in [0.05, 0.1) is 5.69 Å². The van der Waals surface area contributed by atoms with Crippen LogP contribution in [0, 0.1) is 12.7 Å². The summed E-state index contributed by atoms with van der Waals surface area (Å²) in [6.07, 6.45) is 5.42. The number of nitrogens with two attached hydrogens (primary N) is 1. The SMILES string of the molecule is Cc1cc(N)nc(/C=C/c2nc3cc(-c4ccc(F)cc4)cnc3[nH]2)c1. The van der Waals surface area contributed by atoms with Crippen molar-refractivity contribution >= 4 is 29.1 Å². The minimum absolute atomic E-state index is 0.264. The van der Waals surface area contributed by atoms with E-state index in [9.17, 15) is 4.39 Å². The zero-order valence-corrected chi connectivity index (χ0v) is 14.1. The van der Waals surface area contributed by atoms with Crippen molar-refractivity contribution in [3.05, 3.63) is 71.6 Å². The lowest BCUT2D eigenvalue weighted by atomic mass is 10.1. The predicted octanol–water partition coefficient (Wildman–Crippen LogP) is 4.22. The van der Waals surface area contributed by atoms with Gasteiger partial charge in [0.15, 0.2) is 5.65 Å². The number of H-pyrrole nitrogens is 1. The molecule has 5 nitrogen and oxygen atoms in total. The number of nitrogens with one attached hydrogen (secondary N) is 1. The molecule has 0 atom stereocenters. The third-order valence-electron chi connectivity index (χ3n) is 3.95. The van der Waals surface area contributed by atoms with Gasteiger partial charge in [0.25, 0.3) is 0 Å². The monoisotopic (exact) mass is 345 g/mol. The molecule has 0 amide bonds. The number of aromatic amines is 1. The Bertz CT molecular complexity index is 1090. The third-order valence-corrected chi connectivity index (χ3v) is 3.95. The Kier molecular flexibility index (Phi) is 3.93. The van der Waals surface area contributed by atoms with E-state index < -0.39 is 0 Å². The maximum atomic E-state index is 13.1. The van der Waals surface area contributed by atoms with Gasteiger partial charge in [-0.05, 0) is 60.5 Å². The van der Waals surface area contributed by atoms with Crippen LogP contribution in [0.1, 0.15) is 17.1 Å². The highest BCUT2D eigenvalue weighted by Gasteiger charge is 2.05. The molecule has 0 spiro atoms. The van der Waals surface area contributed by atoms with Crippen LogP contribution in [0.5, 0.6) is 0 Å². The highest BCUT2D eigenvalue weighted by molar-refractivity contribution is 5.80. The van der Waals surface area contributed by atoms with E-state index in [4.69, 9.17) is 5.73 Å². The lowest BCUT2D eigenvalue weighted by Crippen LogP contribution is -1.92. The number of imidazole rings is 1. The summed E-state index contributed by atoms with van der Waals surface area (Å²) in [7, 11) is 0. The van der Waals surface area contributed by atoms with E-state index in [2.05, 4.69) is 19.9 Å². The van der Waals surface area contributed by atoms with Gasteiger partial charge >= 0.3 is 0 Å². The molecule has 0 bridgehead atoms. The largest absolute Gasteiger partial charge is 0.384 e. The first-order chi connectivity index (χ1) is 12.6. The number of aromatic nitrogens is 4. The zero-order chi connectivity index (χ0) is 18.1. The molecule has 128 valence electrons. The average molecular weight is 345 g/mol. The van der Waals surface area contributed by atoms with Gasteiger partial charge in [-0.3, -0.25) is 0 Å². The summed E-state index contributed by atoms with van der Waals surface area (Å²) < 4.78 is 13.1. The van der Waals surface area contributed by atoms with E-state index in [0.717, 1.165) is 27.9 Å². The van der Waals surface area contributed by atoms with Crippen molar-refractivity contribution < 1.29 is 4.39 Å². The summed E-state index contributed by atoms with van der Waals surface area (Å²) in [5.74, 6) is 0.894. The quantitative estimate of drug-likeness (QED) is 0.582. The predicted molar refractivity (Wildman–Crippen MR) is 102 cm³/mol. The van der Waals surface area contributed by atoms with Crippen molar-refractivity contribution in [2.45, 2.75) is 6.92 Å². The molecule has 3 N–H and O–H groups in total. The lowest BCUT2D eigenvalue weighted by molar-refractivity contribution is 0.628. The van der Waals surface area contributed by atoms with Gasteiger partial charge < -0.3 is 10.7 Å². The molecule has 26 heavy (non-hydrogen) atoms. The Morgan fingerprint density at radius 2 is 1.81 bits per heavy atom. The average Bonchev–Trinajstić information content (AvgIpc) is 3.02. The summed E-state index contributed by atoms with van der Waals surface area (Å²) in [5.41, 5.74) is 10.8. The second-order valence-corrected chi connectivity index (χ2v) is 6.05. The Labute approximate surface area is 149 Å². The summed E-state index contributed by atoms with van der Waals surface area (Å²) in [4.78, 5) is 16.4. The number of halogens is 1. The highest BCUT2D eigenvalue weighted by Crippen LogP contribution is 2.22. The van der Waals surface area contributed by atoms with Gasteiger partial charge in [-0.15, -0.1) is 0 Å². The Morgan fingerprint density at radius 1 is 1.00 bits per heavy atom. The van der Waals surface area contributed by atoms with E-state index in [1.54, 1.807) is 18.3 Å². The van der Waals surface area contributed by atoms with Gasteiger partial charge in [-0.1, -0.05) is 12.1 Å². The smallest absolute Gasteiger partial charge is 0.157 e. The molecule has 0 fully saturated rings. The molecule has 4 aromatic rings. The molecular weight excluding hydrogens is 329 g/mol. The molecule has 0 radical (unpaired) electrons. The first kappa shape index (κ1) is 16.0. The highest BCUT2D eigenvalue weighted by atomic mass is 19.1. The van der Waals surface area contributed by atoms with Crippen LogP contribution in [0.2, 0.25) is 0 Å². The maximum Gasteiger partial charge on any atom is 0.157 e. The number of fused-ring (bicyclic) bond motifs is 1. The van der Waals surface area contributed by atoms with Crippen LogP contribution in [0.3, 0.4) is 0 Å². The Balaban J connectivity index is 1.65. The van der Waals surface area contributed by atoms with Crippen LogP contribution in [0.15, 0.2) is 48.7 Å². The van der Waals surface area contributed by atoms with Gasteiger partial charge in [-0.2, -0.15) is 0 Å². The van der Waals surface area contributed by atoms with E-state index in [1.165, 1.54) is 12.1 Å². The first-order valence-electron chi connectivity index (χ1n) is 8.11.